The molecule has 1 aromatic carbocycles. The Kier molecular flexibility index (Phi) is 36.3. The number of ether oxygens (including phenoxy) is 3. The molecule has 9 heteroatoms. The minimum atomic E-state index is -0.935. The predicted molar refractivity (Wildman–Crippen MR) is 182 cm³/mol. The Morgan fingerprint density at radius 1 is 0.844 bits per heavy atom. The van der Waals surface area contributed by atoms with E-state index in [1.807, 2.05) is 50.3 Å². The summed E-state index contributed by atoms with van der Waals surface area (Å²) >= 11 is 0. The topological polar surface area (TPSA) is 136 Å². The lowest BCUT2D eigenvalue weighted by Gasteiger charge is -2.13. The molecule has 0 fully saturated rings. The van der Waals surface area contributed by atoms with Crippen LogP contribution in [-0.2, 0) is 33.4 Å². The predicted octanol–water partition coefficient (Wildman–Crippen LogP) is 7.38. The van der Waals surface area contributed by atoms with Crippen molar-refractivity contribution >= 4 is 30.0 Å². The van der Waals surface area contributed by atoms with E-state index >= 15 is 0 Å². The van der Waals surface area contributed by atoms with Gasteiger partial charge in [-0.2, -0.15) is 0 Å². The summed E-state index contributed by atoms with van der Waals surface area (Å²) in [6.45, 7) is 29.0. The molecule has 0 saturated carbocycles. The fraction of sp³-hybridized carbons (Fsp3) is 0.444. The molecular weight excluding hydrogens is 576 g/mol. The van der Waals surface area contributed by atoms with Gasteiger partial charge in [0.15, 0.2) is 0 Å². The first-order valence-electron chi connectivity index (χ1n) is 14.7. The number of carboxylic acids is 1. The number of carboxylic acid groups (broad SMARTS) is 1. The van der Waals surface area contributed by atoms with E-state index in [-0.39, 0.29) is 30.7 Å². The molecule has 1 rings (SSSR count). The normalized spacial score (nSPS) is 9.60. The largest absolute Gasteiger partial charge is 0.478 e. The van der Waals surface area contributed by atoms with Gasteiger partial charge in [-0.05, 0) is 37.7 Å². The first-order chi connectivity index (χ1) is 21.2. The fourth-order valence-electron chi connectivity index (χ4n) is 2.32. The summed E-state index contributed by atoms with van der Waals surface area (Å²) in [5.74, 6) is -1.13. The van der Waals surface area contributed by atoms with E-state index in [4.69, 9.17) is 19.7 Å². The molecular formula is C36H56O9. The van der Waals surface area contributed by atoms with Crippen molar-refractivity contribution in [2.45, 2.75) is 67.2 Å². The van der Waals surface area contributed by atoms with Gasteiger partial charge in [-0.3, -0.25) is 0 Å². The van der Waals surface area contributed by atoms with Gasteiger partial charge in [0.25, 0.3) is 0 Å². The van der Waals surface area contributed by atoms with Crippen molar-refractivity contribution in [3.05, 3.63) is 92.1 Å². The highest BCUT2D eigenvalue weighted by molar-refractivity contribution is 5.87. The molecule has 0 aliphatic heterocycles. The molecule has 1 aromatic rings. The maximum Gasteiger partial charge on any atom is 0.333 e. The van der Waals surface area contributed by atoms with Crippen molar-refractivity contribution in [2.75, 3.05) is 26.4 Å². The number of hydrogen-bond donors (Lipinski definition) is 2. The summed E-state index contributed by atoms with van der Waals surface area (Å²) in [4.78, 5) is 41.2. The van der Waals surface area contributed by atoms with Crippen molar-refractivity contribution in [1.29, 1.82) is 0 Å². The molecule has 0 heterocycles. The summed E-state index contributed by atoms with van der Waals surface area (Å²) in [6.07, 6.45) is 8.74. The number of unbranched alkanes of at least 4 members (excludes halogenated alkanes) is 1. The van der Waals surface area contributed by atoms with E-state index < -0.39 is 11.9 Å². The number of carbonyl (C=O) groups excluding carboxylic acids is 3. The first-order valence-corrected chi connectivity index (χ1v) is 14.7. The molecule has 254 valence electrons. The molecule has 0 saturated heterocycles. The molecule has 0 spiro atoms. The maximum absolute atomic E-state index is 10.8. The minimum absolute atomic E-state index is 0.0465. The third kappa shape index (κ3) is 39.8. The number of esters is 3. The van der Waals surface area contributed by atoms with E-state index in [1.54, 1.807) is 6.92 Å². The fourth-order valence-corrected chi connectivity index (χ4v) is 2.32. The van der Waals surface area contributed by atoms with E-state index in [1.165, 1.54) is 31.4 Å². The number of aliphatic hydroxyl groups is 1. The van der Waals surface area contributed by atoms with Crippen LogP contribution in [0.4, 0.5) is 0 Å². The van der Waals surface area contributed by atoms with E-state index in [9.17, 15) is 19.2 Å². The summed E-state index contributed by atoms with van der Waals surface area (Å²) < 4.78 is 14.1. The Bertz CT molecular complexity index is 983. The van der Waals surface area contributed by atoms with Gasteiger partial charge in [-0.15, -0.1) is 0 Å². The number of aliphatic carboxylic acids is 1. The smallest absolute Gasteiger partial charge is 0.333 e. The van der Waals surface area contributed by atoms with Crippen LogP contribution in [0.15, 0.2) is 86.5 Å². The molecule has 0 aliphatic rings. The van der Waals surface area contributed by atoms with Gasteiger partial charge in [0.05, 0.1) is 19.8 Å². The van der Waals surface area contributed by atoms with E-state index in [2.05, 4.69) is 51.5 Å². The molecule has 1 unspecified atom stereocenters. The zero-order valence-electron chi connectivity index (χ0n) is 28.2. The van der Waals surface area contributed by atoms with Crippen molar-refractivity contribution in [3.63, 3.8) is 0 Å². The van der Waals surface area contributed by atoms with Gasteiger partial charge in [-0.25, -0.2) is 19.2 Å². The lowest BCUT2D eigenvalue weighted by atomic mass is 10.0. The third-order valence-electron chi connectivity index (χ3n) is 4.97. The Labute approximate surface area is 271 Å². The van der Waals surface area contributed by atoms with Crippen LogP contribution < -0.4 is 0 Å². The van der Waals surface area contributed by atoms with E-state index in [0.717, 1.165) is 18.9 Å². The van der Waals surface area contributed by atoms with Crippen LogP contribution in [0.2, 0.25) is 0 Å². The lowest BCUT2D eigenvalue weighted by Crippen LogP contribution is -2.12. The molecule has 9 nitrogen and oxygen atoms in total. The summed E-state index contributed by atoms with van der Waals surface area (Å²) in [6, 6.07) is 10.0. The van der Waals surface area contributed by atoms with Crippen LogP contribution >= 0.6 is 0 Å². The van der Waals surface area contributed by atoms with Crippen molar-refractivity contribution < 1.29 is 43.6 Å². The minimum Gasteiger partial charge on any atom is -0.478 e. The third-order valence-corrected chi connectivity index (χ3v) is 4.97. The zero-order chi connectivity index (χ0) is 35.6. The van der Waals surface area contributed by atoms with Crippen LogP contribution in [0.1, 0.15) is 72.8 Å². The SMILES string of the molecule is C=C(C)C(=O)O.C=C(C)C(=O)OCC(C)C.C=CC(=O)OCC(CC)CCCC.C=CC(=O)OCCO.C=Cc1ccccc1. The maximum atomic E-state index is 10.8. The molecule has 1 atom stereocenters. The van der Waals surface area contributed by atoms with Gasteiger partial charge in [-0.1, -0.05) is 116 Å². The summed E-state index contributed by atoms with van der Waals surface area (Å²) in [5.41, 5.74) is 1.81. The van der Waals surface area contributed by atoms with E-state index in [0.29, 0.717) is 30.6 Å². The highest BCUT2D eigenvalue weighted by Gasteiger charge is 2.07. The summed E-state index contributed by atoms with van der Waals surface area (Å²) in [7, 11) is 0. The molecule has 0 aromatic heterocycles. The molecule has 0 radical (unpaired) electrons. The number of carbonyl (C=O) groups is 4. The number of hydrogen-bond acceptors (Lipinski definition) is 8. The second kappa shape index (κ2) is 34.3. The van der Waals surface area contributed by atoms with Crippen molar-refractivity contribution in [3.8, 4) is 0 Å². The van der Waals surface area contributed by atoms with Crippen molar-refractivity contribution in [2.24, 2.45) is 11.8 Å². The Hall–Kier alpha value is -4.24. The van der Waals surface area contributed by atoms with Crippen LogP contribution in [0, 0.1) is 11.8 Å². The highest BCUT2D eigenvalue weighted by Crippen LogP contribution is 2.12. The summed E-state index contributed by atoms with van der Waals surface area (Å²) in [5, 5.41) is 16.0. The molecule has 2 N–H and O–H groups in total. The number of aliphatic hydroxyl groups excluding tert-OH is 1. The van der Waals surface area contributed by atoms with Gasteiger partial charge < -0.3 is 24.4 Å². The average Bonchev–Trinajstić information content (AvgIpc) is 3.03. The van der Waals surface area contributed by atoms with Gasteiger partial charge in [0.1, 0.15) is 6.61 Å². The number of benzene rings is 1. The molecule has 0 amide bonds. The van der Waals surface area contributed by atoms with Crippen LogP contribution in [0.5, 0.6) is 0 Å². The van der Waals surface area contributed by atoms with Gasteiger partial charge in [0.2, 0.25) is 0 Å². The van der Waals surface area contributed by atoms with Crippen LogP contribution in [0.25, 0.3) is 6.08 Å². The standard InChI is InChI=1S/C11H20O2.C8H14O2.C8H8.C5H8O3.C4H6O2/c1-4-7-8-10(5-2)9-13-11(12)6-3;1-6(2)5-10-8(9)7(3)4;1-2-8-6-4-3-5-7-8;1-2-5(7)8-4-3-6;1-3(2)4(5)6/h6,10H,3-5,7-9H2,1-2H3;6H,3,5H2,1-2,4H3;2-7H,1H2;2,6H,1,3-4H2;1H2,2H3,(H,5,6). The second-order valence-corrected chi connectivity index (χ2v) is 9.82. The van der Waals surface area contributed by atoms with Crippen LogP contribution in [-0.4, -0.2) is 60.5 Å². The van der Waals surface area contributed by atoms with Crippen molar-refractivity contribution in [1.82, 2.24) is 0 Å². The highest BCUT2D eigenvalue weighted by atomic mass is 16.5. The monoisotopic (exact) mass is 632 g/mol. The quantitative estimate of drug-likeness (QED) is 0.115. The molecule has 0 aliphatic carbocycles. The number of rotatable bonds is 15. The van der Waals surface area contributed by atoms with Gasteiger partial charge >= 0.3 is 23.9 Å². The first kappa shape index (κ1) is 47.7. The molecule has 45 heavy (non-hydrogen) atoms. The average molecular weight is 633 g/mol. The lowest BCUT2D eigenvalue weighted by molar-refractivity contribution is -0.140. The Balaban J connectivity index is -0.000000239. The second-order valence-electron chi connectivity index (χ2n) is 9.82. The zero-order valence-corrected chi connectivity index (χ0v) is 28.2. The Morgan fingerprint density at radius 2 is 1.36 bits per heavy atom. The van der Waals surface area contributed by atoms with Gasteiger partial charge in [0, 0.05) is 23.3 Å². The molecule has 0 bridgehead atoms. The van der Waals surface area contributed by atoms with Crippen LogP contribution in [0.3, 0.4) is 0 Å². The Morgan fingerprint density at radius 3 is 1.69 bits per heavy atom.